The summed E-state index contributed by atoms with van der Waals surface area (Å²) in [4.78, 5) is 4.57. The average Bonchev–Trinajstić information content (AvgIpc) is 3.32. The Morgan fingerprint density at radius 3 is 2.61 bits per heavy atom. The van der Waals surface area contributed by atoms with Crippen LogP contribution in [0.15, 0.2) is 42.5 Å². The highest BCUT2D eigenvalue weighted by molar-refractivity contribution is 5.90. The van der Waals surface area contributed by atoms with Gasteiger partial charge in [0.05, 0.1) is 0 Å². The van der Waals surface area contributed by atoms with Crippen molar-refractivity contribution in [2.24, 2.45) is 0 Å². The van der Waals surface area contributed by atoms with Crippen LogP contribution in [0.25, 0.3) is 21.9 Å². The Hall–Kier alpha value is -2.35. The molecule has 2 aromatic carbocycles. The fraction of sp³-hybridized carbons (Fsp3) is 0.286. The summed E-state index contributed by atoms with van der Waals surface area (Å²) >= 11 is 0. The molecule has 0 radical (unpaired) electrons. The molecule has 0 aliphatic heterocycles. The molecule has 1 aliphatic carbocycles. The van der Waals surface area contributed by atoms with Crippen LogP contribution in [0.4, 0.5) is 5.69 Å². The van der Waals surface area contributed by atoms with Crippen LogP contribution in [0, 0.1) is 20.8 Å². The highest BCUT2D eigenvalue weighted by Crippen LogP contribution is 2.33. The molecule has 1 saturated carbocycles. The van der Waals surface area contributed by atoms with E-state index in [4.69, 9.17) is 0 Å². The number of rotatable bonds is 3. The number of nitrogens with one attached hydrogen (secondary N) is 1. The van der Waals surface area contributed by atoms with Crippen molar-refractivity contribution in [3.8, 4) is 11.1 Å². The lowest BCUT2D eigenvalue weighted by Gasteiger charge is -2.14. The summed E-state index contributed by atoms with van der Waals surface area (Å²) in [5.41, 5.74) is 7.37. The van der Waals surface area contributed by atoms with Crippen LogP contribution < -0.4 is 5.32 Å². The van der Waals surface area contributed by atoms with Gasteiger partial charge in [0, 0.05) is 28.5 Å². The minimum atomic E-state index is 0.678. The molecule has 0 bridgehead atoms. The van der Waals surface area contributed by atoms with E-state index in [1.54, 1.807) is 0 Å². The number of hydrogen-bond acceptors (Lipinski definition) is 2. The van der Waals surface area contributed by atoms with Gasteiger partial charge >= 0.3 is 0 Å². The van der Waals surface area contributed by atoms with Gasteiger partial charge < -0.3 is 5.32 Å². The molecule has 3 aromatic rings. The molecule has 0 saturated heterocycles. The maximum atomic E-state index is 4.57. The van der Waals surface area contributed by atoms with Gasteiger partial charge in [-0.25, -0.2) is 0 Å². The first-order valence-corrected chi connectivity index (χ1v) is 8.36. The molecule has 1 heterocycles. The summed E-state index contributed by atoms with van der Waals surface area (Å²) in [5, 5.41) is 6.15. The lowest BCUT2D eigenvalue weighted by atomic mass is 9.96. The SMILES string of the molecule is Cc1cc2cc(-c3cccc(NC4CC4)c3C)ccc2c(C)n1. The van der Waals surface area contributed by atoms with E-state index < -0.39 is 0 Å². The van der Waals surface area contributed by atoms with Crippen molar-refractivity contribution in [2.75, 3.05) is 5.32 Å². The van der Waals surface area contributed by atoms with E-state index in [-0.39, 0.29) is 0 Å². The van der Waals surface area contributed by atoms with E-state index in [2.05, 4.69) is 73.5 Å². The van der Waals surface area contributed by atoms with Crippen molar-refractivity contribution in [1.82, 2.24) is 4.98 Å². The summed E-state index contributed by atoms with van der Waals surface area (Å²) in [6, 6.07) is 16.1. The van der Waals surface area contributed by atoms with E-state index >= 15 is 0 Å². The zero-order valence-corrected chi connectivity index (χ0v) is 14.0. The Balaban J connectivity index is 1.82. The van der Waals surface area contributed by atoms with Crippen LogP contribution in [0.5, 0.6) is 0 Å². The summed E-state index contributed by atoms with van der Waals surface area (Å²) in [6.45, 7) is 6.36. The molecule has 23 heavy (non-hydrogen) atoms. The maximum Gasteiger partial charge on any atom is 0.0454 e. The van der Waals surface area contributed by atoms with Crippen molar-refractivity contribution < 1.29 is 0 Å². The number of pyridine rings is 1. The molecular weight excluding hydrogens is 280 g/mol. The largest absolute Gasteiger partial charge is 0.382 e. The summed E-state index contributed by atoms with van der Waals surface area (Å²) in [7, 11) is 0. The smallest absolute Gasteiger partial charge is 0.0454 e. The van der Waals surface area contributed by atoms with Gasteiger partial charge in [0.25, 0.3) is 0 Å². The van der Waals surface area contributed by atoms with E-state index in [0.29, 0.717) is 6.04 Å². The maximum absolute atomic E-state index is 4.57. The Bertz CT molecular complexity index is 892. The quantitative estimate of drug-likeness (QED) is 0.700. The highest BCUT2D eigenvalue weighted by Gasteiger charge is 2.21. The minimum absolute atomic E-state index is 0.678. The fourth-order valence-electron chi connectivity index (χ4n) is 3.31. The van der Waals surface area contributed by atoms with Crippen LogP contribution in [0.1, 0.15) is 29.8 Å². The molecule has 1 N–H and O–H groups in total. The first-order chi connectivity index (χ1) is 11.1. The molecule has 0 spiro atoms. The Morgan fingerprint density at radius 2 is 1.83 bits per heavy atom. The molecule has 116 valence electrons. The molecule has 0 unspecified atom stereocenters. The van der Waals surface area contributed by atoms with Crippen molar-refractivity contribution in [2.45, 2.75) is 39.7 Å². The fourth-order valence-corrected chi connectivity index (χ4v) is 3.31. The summed E-state index contributed by atoms with van der Waals surface area (Å²) < 4.78 is 0. The van der Waals surface area contributed by atoms with Crippen LogP contribution >= 0.6 is 0 Å². The standard InChI is InChI=1S/C21H22N2/c1-13-11-17-12-16(7-10-20(17)15(3)22-13)19-5-4-6-21(14(19)2)23-18-8-9-18/h4-7,10-12,18,23H,8-9H2,1-3H3. The van der Waals surface area contributed by atoms with Gasteiger partial charge in [-0.05, 0) is 73.9 Å². The van der Waals surface area contributed by atoms with Crippen LogP contribution in [-0.2, 0) is 0 Å². The second-order valence-corrected chi connectivity index (χ2v) is 6.68. The van der Waals surface area contributed by atoms with Gasteiger partial charge in [-0.1, -0.05) is 24.3 Å². The van der Waals surface area contributed by atoms with Crippen molar-refractivity contribution in [3.05, 3.63) is 59.4 Å². The number of aryl methyl sites for hydroxylation is 2. The highest BCUT2D eigenvalue weighted by atomic mass is 15.0. The van der Waals surface area contributed by atoms with Gasteiger partial charge in [0.15, 0.2) is 0 Å². The predicted octanol–water partition coefficient (Wildman–Crippen LogP) is 5.40. The van der Waals surface area contributed by atoms with Gasteiger partial charge in [-0.15, -0.1) is 0 Å². The Labute approximate surface area is 137 Å². The number of hydrogen-bond donors (Lipinski definition) is 1. The monoisotopic (exact) mass is 302 g/mol. The third kappa shape index (κ3) is 2.70. The normalized spacial score (nSPS) is 14.2. The zero-order valence-electron chi connectivity index (χ0n) is 14.0. The number of fused-ring (bicyclic) bond motifs is 1. The van der Waals surface area contributed by atoms with Crippen molar-refractivity contribution >= 4 is 16.5 Å². The third-order valence-corrected chi connectivity index (χ3v) is 4.73. The van der Waals surface area contributed by atoms with Crippen LogP contribution in [0.3, 0.4) is 0 Å². The number of nitrogens with zero attached hydrogens (tertiary/aromatic N) is 1. The lowest BCUT2D eigenvalue weighted by molar-refractivity contribution is 1.14. The van der Waals surface area contributed by atoms with E-state index in [0.717, 1.165) is 11.4 Å². The first kappa shape index (κ1) is 14.3. The molecular formula is C21H22N2. The van der Waals surface area contributed by atoms with Gasteiger partial charge in [0.1, 0.15) is 0 Å². The van der Waals surface area contributed by atoms with Gasteiger partial charge in [0.2, 0.25) is 0 Å². The molecule has 4 rings (SSSR count). The van der Waals surface area contributed by atoms with Gasteiger partial charge in [-0.2, -0.15) is 0 Å². The molecule has 1 aliphatic rings. The average molecular weight is 302 g/mol. The molecule has 0 atom stereocenters. The van der Waals surface area contributed by atoms with Crippen molar-refractivity contribution in [3.63, 3.8) is 0 Å². The minimum Gasteiger partial charge on any atom is -0.382 e. The predicted molar refractivity (Wildman–Crippen MR) is 98.0 cm³/mol. The molecule has 1 aromatic heterocycles. The molecule has 1 fully saturated rings. The lowest BCUT2D eigenvalue weighted by Crippen LogP contribution is -2.03. The topological polar surface area (TPSA) is 24.9 Å². The Kier molecular flexibility index (Phi) is 3.33. The second kappa shape index (κ2) is 5.38. The number of benzene rings is 2. The summed E-state index contributed by atoms with van der Waals surface area (Å²) in [6.07, 6.45) is 2.59. The van der Waals surface area contributed by atoms with Crippen LogP contribution in [-0.4, -0.2) is 11.0 Å². The second-order valence-electron chi connectivity index (χ2n) is 6.68. The van der Waals surface area contributed by atoms with E-state index in [9.17, 15) is 0 Å². The third-order valence-electron chi connectivity index (χ3n) is 4.73. The molecule has 0 amide bonds. The molecule has 2 nitrogen and oxygen atoms in total. The zero-order chi connectivity index (χ0) is 16.0. The van der Waals surface area contributed by atoms with Crippen LogP contribution in [0.2, 0.25) is 0 Å². The Morgan fingerprint density at radius 1 is 1.00 bits per heavy atom. The first-order valence-electron chi connectivity index (χ1n) is 8.36. The number of anilines is 1. The van der Waals surface area contributed by atoms with E-state index in [1.165, 1.54) is 46.0 Å². The summed E-state index contributed by atoms with van der Waals surface area (Å²) in [5.74, 6) is 0. The van der Waals surface area contributed by atoms with Crippen molar-refractivity contribution in [1.29, 1.82) is 0 Å². The number of aromatic nitrogens is 1. The van der Waals surface area contributed by atoms with E-state index in [1.807, 2.05) is 0 Å². The molecule has 2 heteroatoms. The van der Waals surface area contributed by atoms with Gasteiger partial charge in [-0.3, -0.25) is 4.98 Å².